The zero-order valence-corrected chi connectivity index (χ0v) is 12.9. The molecule has 21 heavy (non-hydrogen) atoms. The first-order valence-electron chi connectivity index (χ1n) is 6.98. The predicted molar refractivity (Wildman–Crippen MR) is 83.7 cm³/mol. The summed E-state index contributed by atoms with van der Waals surface area (Å²) in [5.74, 6) is -1.22. The Hall–Kier alpha value is -1.53. The van der Waals surface area contributed by atoms with E-state index >= 15 is 0 Å². The van der Waals surface area contributed by atoms with E-state index in [1.54, 1.807) is 11.8 Å². The van der Waals surface area contributed by atoms with Crippen LogP contribution in [0.25, 0.3) is 0 Å². The Morgan fingerprint density at radius 1 is 1.43 bits per heavy atom. The maximum Gasteiger partial charge on any atom is 0.307 e. The van der Waals surface area contributed by atoms with Crippen LogP contribution < -0.4 is 5.32 Å². The highest BCUT2D eigenvalue weighted by Gasteiger charge is 2.26. The smallest absolute Gasteiger partial charge is 0.307 e. The Bertz CT molecular complexity index is 521. The fraction of sp³-hybridized carbons (Fsp3) is 0.467. The molecule has 114 valence electrons. The number of nitrogens with zero attached hydrogens (tertiary/aromatic N) is 1. The number of aliphatic carboxylic acids is 1. The number of piperidine rings is 1. The van der Waals surface area contributed by atoms with E-state index in [1.807, 2.05) is 35.4 Å². The first-order chi connectivity index (χ1) is 10.1. The number of para-hydroxylation sites is 1. The van der Waals surface area contributed by atoms with Crippen molar-refractivity contribution in [3.05, 3.63) is 24.3 Å². The molecule has 1 saturated heterocycles. The van der Waals surface area contributed by atoms with E-state index in [-0.39, 0.29) is 18.4 Å². The van der Waals surface area contributed by atoms with Crippen LogP contribution in [0, 0.1) is 5.92 Å². The van der Waals surface area contributed by atoms with Crippen molar-refractivity contribution < 1.29 is 14.7 Å². The zero-order valence-electron chi connectivity index (χ0n) is 12.0. The van der Waals surface area contributed by atoms with E-state index in [0.717, 1.165) is 23.5 Å². The van der Waals surface area contributed by atoms with Gasteiger partial charge in [-0.05, 0) is 37.8 Å². The summed E-state index contributed by atoms with van der Waals surface area (Å²) in [7, 11) is 0. The lowest BCUT2D eigenvalue weighted by Crippen LogP contribution is -2.42. The summed E-state index contributed by atoms with van der Waals surface area (Å²) in [4.78, 5) is 26.1. The minimum Gasteiger partial charge on any atom is -0.481 e. The van der Waals surface area contributed by atoms with Crippen molar-refractivity contribution in [2.45, 2.75) is 17.7 Å². The summed E-state index contributed by atoms with van der Waals surface area (Å²) < 4.78 is 0. The van der Waals surface area contributed by atoms with Gasteiger partial charge in [-0.1, -0.05) is 12.1 Å². The Kier molecular flexibility index (Phi) is 5.64. The Morgan fingerprint density at radius 3 is 2.90 bits per heavy atom. The summed E-state index contributed by atoms with van der Waals surface area (Å²) in [6.45, 7) is 1.47. The van der Waals surface area contributed by atoms with Gasteiger partial charge in [0.2, 0.25) is 5.91 Å². The number of nitrogens with one attached hydrogen (secondary N) is 1. The third-order valence-corrected chi connectivity index (χ3v) is 4.40. The topological polar surface area (TPSA) is 69.6 Å². The molecule has 1 amide bonds. The number of rotatable bonds is 5. The first-order valence-corrected chi connectivity index (χ1v) is 8.20. The van der Waals surface area contributed by atoms with Crippen molar-refractivity contribution in [3.63, 3.8) is 0 Å². The average Bonchev–Trinajstić information content (AvgIpc) is 2.48. The minimum atomic E-state index is -0.771. The molecule has 1 aromatic rings. The summed E-state index contributed by atoms with van der Waals surface area (Å²) in [6, 6.07) is 7.65. The van der Waals surface area contributed by atoms with Crippen LogP contribution in [0.1, 0.15) is 12.8 Å². The van der Waals surface area contributed by atoms with Crippen molar-refractivity contribution in [3.8, 4) is 0 Å². The molecule has 2 rings (SSSR count). The van der Waals surface area contributed by atoms with E-state index in [1.165, 1.54) is 0 Å². The van der Waals surface area contributed by atoms with Gasteiger partial charge in [0.15, 0.2) is 0 Å². The van der Waals surface area contributed by atoms with Crippen molar-refractivity contribution in [1.82, 2.24) is 4.90 Å². The van der Waals surface area contributed by atoms with Crippen LogP contribution in [0.3, 0.4) is 0 Å². The molecule has 2 N–H and O–H groups in total. The number of carboxylic acid groups (broad SMARTS) is 1. The molecule has 1 heterocycles. The van der Waals surface area contributed by atoms with Gasteiger partial charge in [0.1, 0.15) is 0 Å². The fourth-order valence-corrected chi connectivity index (χ4v) is 3.10. The van der Waals surface area contributed by atoms with Crippen molar-refractivity contribution in [2.75, 3.05) is 31.2 Å². The van der Waals surface area contributed by atoms with Crippen molar-refractivity contribution in [1.29, 1.82) is 0 Å². The fourth-order valence-electron chi connectivity index (χ4n) is 2.54. The monoisotopic (exact) mass is 308 g/mol. The van der Waals surface area contributed by atoms with E-state index in [4.69, 9.17) is 5.11 Å². The van der Waals surface area contributed by atoms with Crippen LogP contribution in [0.15, 0.2) is 29.2 Å². The van der Waals surface area contributed by atoms with Gasteiger partial charge in [0, 0.05) is 11.4 Å². The summed E-state index contributed by atoms with van der Waals surface area (Å²) in [6.07, 6.45) is 3.49. The van der Waals surface area contributed by atoms with Crippen LogP contribution in [0.4, 0.5) is 5.69 Å². The second-order valence-electron chi connectivity index (χ2n) is 5.16. The maximum atomic E-state index is 12.1. The lowest BCUT2D eigenvalue weighted by molar-refractivity contribution is -0.144. The largest absolute Gasteiger partial charge is 0.481 e. The second kappa shape index (κ2) is 7.47. The highest BCUT2D eigenvalue weighted by atomic mass is 32.2. The molecular weight excluding hydrogens is 288 g/mol. The Balaban J connectivity index is 1.91. The van der Waals surface area contributed by atoms with Crippen LogP contribution in [-0.2, 0) is 9.59 Å². The standard InChI is InChI=1S/C15H20N2O3S/c1-21-13-7-3-2-6-12(13)16-14(18)10-17-8-4-5-11(9-17)15(19)20/h2-3,6-7,11H,4-5,8-10H2,1H3,(H,16,18)(H,19,20). The number of hydrogen-bond donors (Lipinski definition) is 2. The highest BCUT2D eigenvalue weighted by Crippen LogP contribution is 2.24. The van der Waals surface area contributed by atoms with Gasteiger partial charge in [-0.25, -0.2) is 0 Å². The molecule has 1 fully saturated rings. The number of hydrogen-bond acceptors (Lipinski definition) is 4. The number of carboxylic acids is 1. The van der Waals surface area contributed by atoms with Crippen LogP contribution in [-0.4, -0.2) is 47.8 Å². The Labute approximate surface area is 128 Å². The van der Waals surface area contributed by atoms with Gasteiger partial charge in [-0.2, -0.15) is 0 Å². The summed E-state index contributed by atoms with van der Waals surface area (Å²) >= 11 is 1.58. The molecule has 0 saturated carbocycles. The van der Waals surface area contributed by atoms with Crippen LogP contribution in [0.5, 0.6) is 0 Å². The van der Waals surface area contributed by atoms with Gasteiger partial charge in [0.05, 0.1) is 18.2 Å². The normalized spacial score (nSPS) is 19.2. The third kappa shape index (κ3) is 4.47. The van der Waals surface area contributed by atoms with Crippen molar-refractivity contribution >= 4 is 29.3 Å². The van der Waals surface area contributed by atoms with E-state index < -0.39 is 5.97 Å². The van der Waals surface area contributed by atoms with E-state index in [2.05, 4.69) is 5.32 Å². The zero-order chi connectivity index (χ0) is 15.2. The molecule has 6 heteroatoms. The van der Waals surface area contributed by atoms with Gasteiger partial charge < -0.3 is 10.4 Å². The second-order valence-corrected chi connectivity index (χ2v) is 6.01. The molecular formula is C15H20N2O3S. The molecule has 1 atom stereocenters. The highest BCUT2D eigenvalue weighted by molar-refractivity contribution is 7.98. The van der Waals surface area contributed by atoms with Crippen LogP contribution in [0.2, 0.25) is 0 Å². The summed E-state index contributed by atoms with van der Waals surface area (Å²) in [5.41, 5.74) is 0.807. The van der Waals surface area contributed by atoms with Gasteiger partial charge in [-0.3, -0.25) is 14.5 Å². The van der Waals surface area contributed by atoms with E-state index in [9.17, 15) is 9.59 Å². The van der Waals surface area contributed by atoms with Crippen LogP contribution >= 0.6 is 11.8 Å². The molecule has 0 radical (unpaired) electrons. The molecule has 1 aromatic carbocycles. The Morgan fingerprint density at radius 2 is 2.19 bits per heavy atom. The molecule has 1 unspecified atom stereocenters. The number of thioether (sulfide) groups is 1. The molecule has 0 spiro atoms. The van der Waals surface area contributed by atoms with Gasteiger partial charge in [-0.15, -0.1) is 11.8 Å². The minimum absolute atomic E-state index is 0.0949. The first kappa shape index (κ1) is 15.9. The lowest BCUT2D eigenvalue weighted by Gasteiger charge is -2.30. The number of likely N-dealkylation sites (tertiary alicyclic amines) is 1. The number of carbonyl (C=O) groups is 2. The maximum absolute atomic E-state index is 12.1. The molecule has 5 nitrogen and oxygen atoms in total. The number of amides is 1. The van der Waals surface area contributed by atoms with Crippen molar-refractivity contribution in [2.24, 2.45) is 5.92 Å². The third-order valence-electron chi connectivity index (χ3n) is 3.60. The van der Waals surface area contributed by atoms with Gasteiger partial charge in [0.25, 0.3) is 0 Å². The molecule has 1 aliphatic rings. The van der Waals surface area contributed by atoms with Gasteiger partial charge >= 0.3 is 5.97 Å². The summed E-state index contributed by atoms with van der Waals surface area (Å²) in [5, 5.41) is 12.0. The lowest BCUT2D eigenvalue weighted by atomic mass is 9.98. The molecule has 0 aromatic heterocycles. The molecule has 0 aliphatic carbocycles. The molecule has 1 aliphatic heterocycles. The predicted octanol–water partition coefficient (Wildman–Crippen LogP) is 2.14. The molecule has 0 bridgehead atoms. The average molecular weight is 308 g/mol. The number of carbonyl (C=O) groups excluding carboxylic acids is 1. The quantitative estimate of drug-likeness (QED) is 0.816. The number of benzene rings is 1. The number of anilines is 1. The van der Waals surface area contributed by atoms with E-state index in [0.29, 0.717) is 13.0 Å². The SMILES string of the molecule is CSc1ccccc1NC(=O)CN1CCCC(C(=O)O)C1.